The van der Waals surface area contributed by atoms with Crippen LogP contribution in [0.2, 0.25) is 0 Å². The van der Waals surface area contributed by atoms with Gasteiger partial charge in [-0.1, -0.05) is 104 Å². The number of aromatic hydroxyl groups is 2. The minimum atomic E-state index is -0.740. The van der Waals surface area contributed by atoms with Gasteiger partial charge in [0.2, 0.25) is 11.8 Å². The Morgan fingerprint density at radius 1 is 0.423 bits per heavy atom. The van der Waals surface area contributed by atoms with E-state index in [-0.39, 0.29) is 61.0 Å². The average molecular weight is 1410 g/mol. The summed E-state index contributed by atoms with van der Waals surface area (Å²) in [5.41, 5.74) is 14.0. The van der Waals surface area contributed by atoms with Crippen LogP contribution in [0, 0.1) is 11.8 Å². The third-order valence-corrected chi connectivity index (χ3v) is 22.6. The number of benzene rings is 6. The number of nitrogens with zero attached hydrogens (tertiary/aromatic N) is 9. The number of nitrogens with one attached hydrogen (secondary N) is 3. The van der Waals surface area contributed by atoms with Gasteiger partial charge in [-0.25, -0.2) is 9.36 Å². The Morgan fingerprint density at radius 3 is 1.27 bits per heavy atom. The third kappa shape index (κ3) is 16.5. The van der Waals surface area contributed by atoms with Crippen molar-refractivity contribution in [1.29, 1.82) is 0 Å². The highest BCUT2D eigenvalue weighted by Gasteiger charge is 2.36. The first kappa shape index (κ1) is 72.1. The Balaban J connectivity index is 0.000000153. The second-order valence-corrected chi connectivity index (χ2v) is 28.9. The van der Waals surface area contributed by atoms with E-state index in [0.29, 0.717) is 42.1 Å². The number of aromatic nitrogens is 4. The zero-order chi connectivity index (χ0) is 70.9. The number of hydrogen-bond acceptors (Lipinski definition) is 17. The van der Waals surface area contributed by atoms with Gasteiger partial charge in [0.15, 0.2) is 0 Å². The number of amides is 4. The zero-order valence-electron chi connectivity index (χ0n) is 58.3. The van der Waals surface area contributed by atoms with Crippen LogP contribution in [0.25, 0.3) is 0 Å². The highest BCUT2D eigenvalue weighted by atomic mass is 16.3. The van der Waals surface area contributed by atoms with Crippen molar-refractivity contribution in [3.05, 3.63) is 235 Å². The Kier molecular flexibility index (Phi) is 22.9. The largest absolute Gasteiger partial charge is 0.508 e. The Morgan fingerprint density at radius 2 is 0.846 bits per heavy atom. The van der Waals surface area contributed by atoms with E-state index in [0.717, 1.165) is 146 Å². The molecule has 6 atom stereocenters. The first-order chi connectivity index (χ1) is 50.3. The molecular formula is C83H96N12O9. The molecule has 0 spiro atoms. The molecule has 8 heterocycles. The maximum atomic E-state index is 12.9. The van der Waals surface area contributed by atoms with Gasteiger partial charge in [-0.3, -0.25) is 44.3 Å². The number of hydrogen-bond donors (Lipinski definition) is 5. The first-order valence-corrected chi connectivity index (χ1v) is 36.9. The monoisotopic (exact) mass is 1400 g/mol. The van der Waals surface area contributed by atoms with E-state index in [9.17, 15) is 43.8 Å². The summed E-state index contributed by atoms with van der Waals surface area (Å²) >= 11 is 0. The summed E-state index contributed by atoms with van der Waals surface area (Å²) in [6, 6.07) is 53.5. The number of imide groups is 2. The molecule has 2 unspecified atom stereocenters. The molecule has 2 aromatic heterocycles. The minimum absolute atomic E-state index is 0. The van der Waals surface area contributed by atoms with Crippen LogP contribution in [0.3, 0.4) is 0 Å². The molecule has 6 aliphatic heterocycles. The van der Waals surface area contributed by atoms with Crippen molar-refractivity contribution in [1.82, 2.24) is 40.4 Å². The zero-order valence-corrected chi connectivity index (χ0v) is 58.3. The number of piperazine rings is 2. The quantitative estimate of drug-likeness (QED) is 0.0532. The van der Waals surface area contributed by atoms with Crippen molar-refractivity contribution in [2.24, 2.45) is 11.8 Å². The van der Waals surface area contributed by atoms with E-state index in [2.05, 4.69) is 172 Å². The molecule has 2 aliphatic carbocycles. The van der Waals surface area contributed by atoms with Crippen LogP contribution in [0.1, 0.15) is 152 Å². The normalized spacial score (nSPS) is 22.4. The summed E-state index contributed by atoms with van der Waals surface area (Å²) in [5, 5.41) is 36.4. The lowest BCUT2D eigenvalue weighted by Crippen LogP contribution is -2.49. The maximum Gasteiger partial charge on any atom is 0.269 e. The molecule has 4 amide bonds. The van der Waals surface area contributed by atoms with Crippen LogP contribution >= 0.6 is 0 Å². The van der Waals surface area contributed by atoms with Crippen molar-refractivity contribution in [2.75, 3.05) is 105 Å². The molecule has 8 aliphatic rings. The van der Waals surface area contributed by atoms with Crippen LogP contribution in [-0.2, 0) is 36.8 Å². The Labute approximate surface area is 607 Å². The molecule has 21 heteroatoms. The lowest BCUT2D eigenvalue weighted by atomic mass is 9.69. The van der Waals surface area contributed by atoms with Gasteiger partial charge in [-0.15, -0.1) is 0 Å². The number of fused-ring (bicyclic) bond motifs is 2. The van der Waals surface area contributed by atoms with Gasteiger partial charge in [0.25, 0.3) is 22.9 Å². The number of phenolic OH excluding ortho intramolecular Hbond substituents is 2. The molecule has 542 valence electrons. The summed E-state index contributed by atoms with van der Waals surface area (Å²) in [6.07, 6.45) is 13.8. The van der Waals surface area contributed by atoms with E-state index in [1.54, 1.807) is 18.5 Å². The minimum Gasteiger partial charge on any atom is -0.508 e. The van der Waals surface area contributed by atoms with Gasteiger partial charge in [-0.05, 0) is 175 Å². The highest BCUT2D eigenvalue weighted by Crippen LogP contribution is 2.49. The number of aryl methyl sites for hydroxylation is 2. The molecule has 6 fully saturated rings. The highest BCUT2D eigenvalue weighted by molar-refractivity contribution is 6.00. The number of carbonyl (C=O) groups excluding carboxylic acids is 5. The standard InChI is InChI=1S/C41H46N6O4.C28H29NO2.C13H17N5O3.CH4/c48-34-11-13-36-31(24-34)8-12-35(29-4-2-1-3-5-29)40(36)30-6-9-32(10-7-30)45-18-16-28(17-19-45)27-44-20-22-46(23-21-44)33-25-39(50)47(42-26-33)37-14-15-38(49)43-41(37)51;30-19-20-14-16-29(17-15-20)24-9-6-22(7-10-24)28-26(21-4-2-1-3-5-21)12-8-23-18-25(31)11-13-27(23)28;19-11-2-1-10(13(21)16-11)18-12(20)7-9(8-15-18)17-5-3-14-4-6-17;/h1-7,9-11,13,24-26,28,35,37,40,48H,8,12,14-23,27H2,(H,43,49,51);1-7,9-11,13,18-20,26,28,31H,8,12,14-17H2;7-8,10,14H,1-6H2,(H,16,19,21);1H4/t35-,37?,40+;26-,28+;;/m11../s1. The van der Waals surface area contributed by atoms with Crippen LogP contribution in [0.4, 0.5) is 22.7 Å². The van der Waals surface area contributed by atoms with Crippen molar-refractivity contribution in [3.63, 3.8) is 0 Å². The molecular weight excluding hydrogens is 1310 g/mol. The van der Waals surface area contributed by atoms with Gasteiger partial charge in [-0.2, -0.15) is 10.2 Å². The van der Waals surface area contributed by atoms with E-state index in [4.69, 9.17) is 0 Å². The first-order valence-electron chi connectivity index (χ1n) is 36.9. The summed E-state index contributed by atoms with van der Waals surface area (Å²) < 4.78 is 2.36. The molecule has 16 rings (SSSR count). The van der Waals surface area contributed by atoms with E-state index >= 15 is 0 Å². The second kappa shape index (κ2) is 33.0. The fourth-order valence-corrected chi connectivity index (χ4v) is 16.9. The molecule has 8 aromatic rings. The number of piperidine rings is 4. The van der Waals surface area contributed by atoms with Gasteiger partial charge in [0, 0.05) is 139 Å². The third-order valence-electron chi connectivity index (χ3n) is 22.6. The number of phenols is 2. The molecule has 5 N–H and O–H groups in total. The number of aldehydes is 1. The van der Waals surface area contributed by atoms with Gasteiger partial charge in [0.1, 0.15) is 29.9 Å². The lowest BCUT2D eigenvalue weighted by molar-refractivity contribution is -0.137. The van der Waals surface area contributed by atoms with Crippen molar-refractivity contribution in [3.8, 4) is 11.5 Å². The van der Waals surface area contributed by atoms with Gasteiger partial charge < -0.3 is 39.9 Å². The number of anilines is 4. The number of rotatable bonds is 13. The van der Waals surface area contributed by atoms with Crippen LogP contribution < -0.4 is 46.7 Å². The topological polar surface area (TPSA) is 248 Å². The predicted molar refractivity (Wildman–Crippen MR) is 404 cm³/mol. The SMILES string of the molecule is C.O=C1CCC(n2ncc(N3CCN(CC4CCN(c5ccc([C@@H]6c7ccc(O)cc7CC[C@@H]6c6ccccc6)cc5)CC4)CC3)cc2=O)C(=O)N1.O=C1CCC(n2ncc(N3CCNCC3)cc2=O)C(=O)N1.O=CC1CCN(c2ccc([C@@H]3c4ccc(O)cc4CC[C@@H]3c3ccccc3)cc2)CC1. The lowest BCUT2D eigenvalue weighted by Gasteiger charge is -2.40. The van der Waals surface area contributed by atoms with E-state index in [1.807, 2.05) is 24.3 Å². The summed E-state index contributed by atoms with van der Waals surface area (Å²) in [5.74, 6) is 1.40. The average Bonchev–Trinajstić information content (AvgIpc) is 0.732. The van der Waals surface area contributed by atoms with Crippen molar-refractivity contribution in [2.45, 2.75) is 120 Å². The molecule has 21 nitrogen and oxygen atoms in total. The predicted octanol–water partition coefficient (Wildman–Crippen LogP) is 9.76. The summed E-state index contributed by atoms with van der Waals surface area (Å²) in [6.45, 7) is 12.0. The van der Waals surface area contributed by atoms with Gasteiger partial charge >= 0.3 is 0 Å². The Hall–Kier alpha value is -10.3. The Bertz CT molecular complexity index is 4430. The summed E-state index contributed by atoms with van der Waals surface area (Å²) in [7, 11) is 0. The smallest absolute Gasteiger partial charge is 0.269 e. The maximum absolute atomic E-state index is 12.9. The molecule has 0 bridgehead atoms. The van der Waals surface area contributed by atoms with Crippen LogP contribution in [0.5, 0.6) is 11.5 Å². The summed E-state index contributed by atoms with van der Waals surface area (Å²) in [4.78, 5) is 94.6. The molecule has 0 saturated carbocycles. The molecule has 104 heavy (non-hydrogen) atoms. The molecule has 6 saturated heterocycles. The molecule has 0 radical (unpaired) electrons. The van der Waals surface area contributed by atoms with Gasteiger partial charge in [0.05, 0.1) is 23.8 Å². The van der Waals surface area contributed by atoms with Crippen LogP contribution in [-0.4, -0.2) is 150 Å². The van der Waals surface area contributed by atoms with Crippen LogP contribution in [0.15, 0.2) is 180 Å². The molecule has 6 aromatic carbocycles. The van der Waals surface area contributed by atoms with Crippen molar-refractivity contribution < 1.29 is 34.2 Å². The second-order valence-electron chi connectivity index (χ2n) is 28.9. The fourth-order valence-electron chi connectivity index (χ4n) is 16.9. The van der Waals surface area contributed by atoms with E-state index in [1.165, 1.54) is 79.5 Å². The number of carbonyl (C=O) groups is 5. The van der Waals surface area contributed by atoms with Crippen molar-refractivity contribution >= 4 is 52.7 Å². The van der Waals surface area contributed by atoms with E-state index < -0.39 is 23.9 Å². The fraction of sp³-hybridized carbons (Fsp3) is 0.410.